The summed E-state index contributed by atoms with van der Waals surface area (Å²) >= 11 is 6.23. The van der Waals surface area contributed by atoms with E-state index in [2.05, 4.69) is 10.6 Å². The van der Waals surface area contributed by atoms with Crippen molar-refractivity contribution in [2.45, 2.75) is 45.3 Å². The summed E-state index contributed by atoms with van der Waals surface area (Å²) in [6.45, 7) is 2.78. The van der Waals surface area contributed by atoms with Gasteiger partial charge in [0.2, 0.25) is 5.91 Å². The molecular formula is C27H35ClN4O5. The number of rotatable bonds is 10. The number of aryl methyl sites for hydroxylation is 1. The number of carbonyl (C=O) groups is 3. The van der Waals surface area contributed by atoms with Gasteiger partial charge in [-0.15, -0.1) is 0 Å². The van der Waals surface area contributed by atoms with Gasteiger partial charge in [-0.25, -0.2) is 4.79 Å². The van der Waals surface area contributed by atoms with Gasteiger partial charge < -0.3 is 25.8 Å². The lowest BCUT2D eigenvalue weighted by Gasteiger charge is -2.40. The van der Waals surface area contributed by atoms with Crippen LogP contribution in [0.4, 0.5) is 10.5 Å². The van der Waals surface area contributed by atoms with Crippen LogP contribution in [0.2, 0.25) is 5.02 Å². The van der Waals surface area contributed by atoms with Gasteiger partial charge in [0.05, 0.1) is 5.41 Å². The van der Waals surface area contributed by atoms with Crippen LogP contribution in [0.25, 0.3) is 0 Å². The van der Waals surface area contributed by atoms with Gasteiger partial charge in [-0.3, -0.25) is 14.9 Å². The molecule has 1 heterocycles. The van der Waals surface area contributed by atoms with Gasteiger partial charge >= 0.3 is 6.09 Å². The van der Waals surface area contributed by atoms with E-state index in [1.165, 1.54) is 4.90 Å². The number of aliphatic hydroxyl groups excluding tert-OH is 1. The molecule has 1 saturated heterocycles. The van der Waals surface area contributed by atoms with Gasteiger partial charge in [-0.05, 0) is 61.6 Å². The minimum atomic E-state index is -1.17. The number of benzene rings is 2. The van der Waals surface area contributed by atoms with Crippen LogP contribution in [-0.4, -0.2) is 60.3 Å². The number of ether oxygens (including phenoxy) is 1. The first-order valence-electron chi connectivity index (χ1n) is 12.5. The minimum absolute atomic E-state index is 0.159. The number of hydrogen-bond acceptors (Lipinski definition) is 6. The molecule has 2 aromatic rings. The average molecular weight is 531 g/mol. The molecule has 3 amide bonds. The molecule has 0 saturated carbocycles. The van der Waals surface area contributed by atoms with Crippen LogP contribution in [0.1, 0.15) is 37.3 Å². The number of nitrogens with one attached hydrogen (secondary N) is 2. The zero-order chi connectivity index (χ0) is 26.8. The maximum atomic E-state index is 13.4. The first-order valence-corrected chi connectivity index (χ1v) is 12.9. The fourth-order valence-corrected chi connectivity index (χ4v) is 4.47. The highest BCUT2D eigenvalue weighted by Crippen LogP contribution is 2.33. The number of halogens is 1. The number of nitrogens with zero attached hydrogens (tertiary/aromatic N) is 1. The van der Waals surface area contributed by atoms with Gasteiger partial charge in [0.1, 0.15) is 12.7 Å². The van der Waals surface area contributed by atoms with Crippen molar-refractivity contribution in [2.75, 3.05) is 31.6 Å². The molecule has 0 radical (unpaired) electrons. The topological polar surface area (TPSA) is 134 Å². The molecule has 1 aliphatic heterocycles. The maximum Gasteiger partial charge on any atom is 0.411 e. The highest BCUT2D eigenvalue weighted by Gasteiger charge is 2.44. The van der Waals surface area contributed by atoms with E-state index in [4.69, 9.17) is 22.1 Å². The molecule has 0 bridgehead atoms. The van der Waals surface area contributed by atoms with Gasteiger partial charge in [0, 0.05) is 30.3 Å². The zero-order valence-electron chi connectivity index (χ0n) is 21.0. The van der Waals surface area contributed by atoms with Gasteiger partial charge in [0.25, 0.3) is 5.91 Å². The van der Waals surface area contributed by atoms with Crippen molar-refractivity contribution in [2.24, 2.45) is 11.1 Å². The Balaban J connectivity index is 1.67. The van der Waals surface area contributed by atoms with Crippen LogP contribution in [-0.2, 0) is 27.3 Å². The Morgan fingerprint density at radius 2 is 1.81 bits per heavy atom. The molecule has 5 N–H and O–H groups in total. The second-order valence-corrected chi connectivity index (χ2v) is 9.63. The molecule has 0 aromatic heterocycles. The molecule has 0 aliphatic carbocycles. The molecule has 3 rings (SSSR count). The summed E-state index contributed by atoms with van der Waals surface area (Å²) in [5, 5.41) is 16.2. The molecule has 9 nitrogen and oxygen atoms in total. The van der Waals surface area contributed by atoms with Crippen LogP contribution < -0.4 is 16.4 Å². The summed E-state index contributed by atoms with van der Waals surface area (Å²) in [6, 6.07) is 14.6. The van der Waals surface area contributed by atoms with E-state index in [1.54, 1.807) is 18.2 Å². The average Bonchev–Trinajstić information content (AvgIpc) is 2.91. The number of hydrogen-bond donors (Lipinski definition) is 4. The summed E-state index contributed by atoms with van der Waals surface area (Å²) in [5.74, 6) is -0.702. The number of anilines is 1. The van der Waals surface area contributed by atoms with Crippen LogP contribution in [0.15, 0.2) is 48.5 Å². The van der Waals surface area contributed by atoms with Gasteiger partial charge in [0.15, 0.2) is 0 Å². The normalized spacial score (nSPS) is 15.5. The van der Waals surface area contributed by atoms with Gasteiger partial charge in [-0.2, -0.15) is 0 Å². The minimum Gasteiger partial charge on any atom is -0.448 e. The van der Waals surface area contributed by atoms with E-state index < -0.39 is 23.5 Å². The lowest BCUT2D eigenvalue weighted by atomic mass is 9.78. The Morgan fingerprint density at radius 3 is 2.43 bits per heavy atom. The third-order valence-electron chi connectivity index (χ3n) is 6.72. The largest absolute Gasteiger partial charge is 0.448 e. The lowest BCUT2D eigenvalue weighted by molar-refractivity contribution is -0.148. The van der Waals surface area contributed by atoms with Crippen LogP contribution in [0.3, 0.4) is 0 Å². The van der Waals surface area contributed by atoms with E-state index in [1.807, 2.05) is 37.3 Å². The molecule has 2 aromatic carbocycles. The van der Waals surface area contributed by atoms with Crippen molar-refractivity contribution in [3.8, 4) is 0 Å². The number of carbonyl (C=O) groups excluding carboxylic acids is 3. The van der Waals surface area contributed by atoms with Crippen molar-refractivity contribution in [3.05, 3.63) is 64.7 Å². The third-order valence-corrected chi connectivity index (χ3v) is 7.09. The third kappa shape index (κ3) is 7.67. The van der Waals surface area contributed by atoms with E-state index in [-0.39, 0.29) is 58.0 Å². The molecule has 0 spiro atoms. The fraction of sp³-hybridized carbons (Fsp3) is 0.444. The summed E-state index contributed by atoms with van der Waals surface area (Å²) < 4.78 is 5.52. The van der Waals surface area contributed by atoms with E-state index >= 15 is 0 Å². The van der Waals surface area contributed by atoms with E-state index in [0.717, 1.165) is 17.5 Å². The fourth-order valence-electron chi connectivity index (χ4n) is 4.27. The molecule has 200 valence electrons. The highest BCUT2D eigenvalue weighted by atomic mass is 35.5. The summed E-state index contributed by atoms with van der Waals surface area (Å²) in [5.41, 5.74) is 6.92. The standard InChI is InChI=1S/C27H35ClN4O5/c1-2-19-7-9-21(10-8-19)31-26(36)37-18-27(25(35)30-17-20-5-3-4-6-22(20)28)12-15-32(16-13-27)24(34)23(33)11-14-29/h3-10,23,33H,2,11-18,29H2,1H3,(H,30,35)(H,31,36). The van der Waals surface area contributed by atoms with Crippen molar-refractivity contribution < 1.29 is 24.2 Å². The first kappa shape index (κ1) is 28.4. The number of amides is 3. The maximum absolute atomic E-state index is 13.4. The Labute approximate surface area is 222 Å². The highest BCUT2D eigenvalue weighted by molar-refractivity contribution is 6.31. The Hall–Kier alpha value is -3.14. The number of aliphatic hydroxyl groups is 1. The summed E-state index contributed by atoms with van der Waals surface area (Å²) in [6.07, 6.45) is -0.255. The quantitative estimate of drug-likeness (QED) is 0.373. The van der Waals surface area contributed by atoms with E-state index in [0.29, 0.717) is 10.7 Å². The summed E-state index contributed by atoms with van der Waals surface area (Å²) in [4.78, 5) is 40.0. The molecule has 10 heteroatoms. The van der Waals surface area contributed by atoms with E-state index in [9.17, 15) is 19.5 Å². The molecule has 1 aliphatic rings. The predicted octanol–water partition coefficient (Wildman–Crippen LogP) is 3.09. The van der Waals surface area contributed by atoms with Crippen molar-refractivity contribution in [1.29, 1.82) is 0 Å². The Kier molecular flexibility index (Phi) is 10.3. The number of piperidine rings is 1. The first-order chi connectivity index (χ1) is 17.8. The van der Waals surface area contributed by atoms with Gasteiger partial charge in [-0.1, -0.05) is 48.9 Å². The molecule has 1 atom stereocenters. The second-order valence-electron chi connectivity index (χ2n) is 9.22. The van der Waals surface area contributed by atoms with Crippen LogP contribution in [0.5, 0.6) is 0 Å². The SMILES string of the molecule is CCc1ccc(NC(=O)OCC2(C(=O)NCc3ccccc3Cl)CCN(C(=O)C(O)CCN)CC2)cc1. The predicted molar refractivity (Wildman–Crippen MR) is 142 cm³/mol. The van der Waals surface area contributed by atoms with Crippen molar-refractivity contribution in [3.63, 3.8) is 0 Å². The zero-order valence-corrected chi connectivity index (χ0v) is 21.8. The van der Waals surface area contributed by atoms with Crippen LogP contribution >= 0.6 is 11.6 Å². The Bertz CT molecular complexity index is 1070. The monoisotopic (exact) mass is 530 g/mol. The molecule has 37 heavy (non-hydrogen) atoms. The molecular weight excluding hydrogens is 496 g/mol. The van der Waals surface area contributed by atoms with Crippen molar-refractivity contribution in [1.82, 2.24) is 10.2 Å². The smallest absolute Gasteiger partial charge is 0.411 e. The number of nitrogens with two attached hydrogens (primary N) is 1. The summed E-state index contributed by atoms with van der Waals surface area (Å²) in [7, 11) is 0. The van der Waals surface area contributed by atoms with Crippen molar-refractivity contribution >= 4 is 35.2 Å². The Morgan fingerprint density at radius 1 is 1.14 bits per heavy atom. The van der Waals surface area contributed by atoms with Crippen LogP contribution in [0, 0.1) is 5.41 Å². The number of likely N-dealkylation sites (tertiary alicyclic amines) is 1. The molecule has 1 fully saturated rings. The molecule has 1 unspecified atom stereocenters. The second kappa shape index (κ2) is 13.4. The lowest BCUT2D eigenvalue weighted by Crippen LogP contribution is -2.54.